The maximum Gasteiger partial charge on any atom is 0.184 e. The fourth-order valence-electron chi connectivity index (χ4n) is 1.47. The first-order valence-electron chi connectivity index (χ1n) is 3.49. The molecule has 3 fully saturated rings. The zero-order valence-electron chi connectivity index (χ0n) is 5.27. The maximum absolute atomic E-state index is 8.84. The highest BCUT2D eigenvalue weighted by molar-refractivity contribution is 4.96. The molecule has 10 heavy (non-hydrogen) atoms. The zero-order chi connectivity index (χ0) is 6.72. The second-order valence-electron chi connectivity index (χ2n) is 2.94. The van der Waals surface area contributed by atoms with Crippen molar-refractivity contribution >= 4 is 0 Å². The summed E-state index contributed by atoms with van der Waals surface area (Å²) in [5, 5.41) is 8.84. The minimum atomic E-state index is -0.581. The zero-order valence-corrected chi connectivity index (χ0v) is 5.27. The SMILES string of the molecule is OC1OC1C1CC2OC2O1. The van der Waals surface area contributed by atoms with Gasteiger partial charge in [-0.05, 0) is 0 Å². The van der Waals surface area contributed by atoms with Gasteiger partial charge in [0.2, 0.25) is 0 Å². The second kappa shape index (κ2) is 1.53. The molecule has 1 N–H and O–H groups in total. The molecule has 3 saturated heterocycles. The molecule has 3 aliphatic rings. The van der Waals surface area contributed by atoms with E-state index in [0.717, 1.165) is 6.42 Å². The third kappa shape index (κ3) is 0.645. The Kier molecular flexibility index (Phi) is 0.840. The third-order valence-electron chi connectivity index (χ3n) is 2.18. The molecule has 0 radical (unpaired) electrons. The minimum absolute atomic E-state index is 0.0152. The van der Waals surface area contributed by atoms with Crippen molar-refractivity contribution < 1.29 is 19.3 Å². The summed E-state index contributed by atoms with van der Waals surface area (Å²) in [7, 11) is 0. The highest BCUT2D eigenvalue weighted by atomic mass is 16.8. The van der Waals surface area contributed by atoms with Crippen molar-refractivity contribution in [2.24, 2.45) is 0 Å². The topological polar surface area (TPSA) is 54.5 Å². The third-order valence-corrected chi connectivity index (χ3v) is 2.18. The first kappa shape index (κ1) is 5.49. The summed E-state index contributed by atoms with van der Waals surface area (Å²) in [5.74, 6) is 0. The fraction of sp³-hybridized carbons (Fsp3) is 1.00. The van der Waals surface area contributed by atoms with Crippen molar-refractivity contribution in [3.8, 4) is 0 Å². The van der Waals surface area contributed by atoms with Crippen LogP contribution in [0.1, 0.15) is 6.42 Å². The number of rotatable bonds is 1. The molecule has 3 aliphatic heterocycles. The van der Waals surface area contributed by atoms with Gasteiger partial charge in [-0.2, -0.15) is 0 Å². The maximum atomic E-state index is 8.84. The Bertz CT molecular complexity index is 161. The van der Waals surface area contributed by atoms with Gasteiger partial charge in [-0.1, -0.05) is 0 Å². The number of epoxide rings is 2. The Morgan fingerprint density at radius 2 is 1.80 bits per heavy atom. The predicted octanol–water partition coefficient (Wildman–Crippen LogP) is -0.783. The quantitative estimate of drug-likeness (QED) is 0.490. The van der Waals surface area contributed by atoms with Crippen LogP contribution in [0.5, 0.6) is 0 Å². The normalized spacial score (nSPS) is 63.9. The van der Waals surface area contributed by atoms with Crippen molar-refractivity contribution in [2.45, 2.75) is 37.3 Å². The summed E-state index contributed by atoms with van der Waals surface area (Å²) in [4.78, 5) is 0. The largest absolute Gasteiger partial charge is 0.366 e. The van der Waals surface area contributed by atoms with E-state index in [9.17, 15) is 0 Å². The average molecular weight is 144 g/mol. The number of aliphatic hydroxyl groups excluding tert-OH is 1. The molecule has 0 aliphatic carbocycles. The lowest BCUT2D eigenvalue weighted by molar-refractivity contribution is -0.0237. The molecule has 0 aromatic rings. The van der Waals surface area contributed by atoms with Crippen LogP contribution in [0.3, 0.4) is 0 Å². The van der Waals surface area contributed by atoms with Crippen molar-refractivity contribution in [2.75, 3.05) is 0 Å². The van der Waals surface area contributed by atoms with Gasteiger partial charge in [-0.15, -0.1) is 0 Å². The van der Waals surface area contributed by atoms with Gasteiger partial charge in [-0.25, -0.2) is 0 Å². The lowest BCUT2D eigenvalue weighted by atomic mass is 10.2. The van der Waals surface area contributed by atoms with Crippen LogP contribution in [0.25, 0.3) is 0 Å². The Hall–Kier alpha value is -0.160. The van der Waals surface area contributed by atoms with E-state index in [1.165, 1.54) is 0 Å². The van der Waals surface area contributed by atoms with Gasteiger partial charge >= 0.3 is 0 Å². The van der Waals surface area contributed by atoms with Gasteiger partial charge in [0.05, 0.1) is 6.10 Å². The van der Waals surface area contributed by atoms with E-state index in [1.54, 1.807) is 0 Å². The van der Waals surface area contributed by atoms with Gasteiger partial charge in [0.1, 0.15) is 12.2 Å². The highest BCUT2D eigenvalue weighted by Gasteiger charge is 2.57. The van der Waals surface area contributed by atoms with Gasteiger partial charge in [-0.3, -0.25) is 0 Å². The summed E-state index contributed by atoms with van der Waals surface area (Å²) < 4.78 is 15.2. The van der Waals surface area contributed by atoms with Crippen LogP contribution in [-0.2, 0) is 14.2 Å². The summed E-state index contributed by atoms with van der Waals surface area (Å²) in [6.45, 7) is 0. The first-order chi connectivity index (χ1) is 4.84. The monoisotopic (exact) mass is 144 g/mol. The molecule has 56 valence electrons. The standard InChI is InChI=1S/C6H8O4/c7-5-4(10-5)2-1-3-6(8-2)9-3/h2-7H,1H2. The van der Waals surface area contributed by atoms with Crippen molar-refractivity contribution in [3.05, 3.63) is 0 Å². The highest BCUT2D eigenvalue weighted by Crippen LogP contribution is 2.42. The second-order valence-corrected chi connectivity index (χ2v) is 2.94. The summed E-state index contributed by atoms with van der Waals surface area (Å²) in [6, 6.07) is 0. The van der Waals surface area contributed by atoms with Gasteiger partial charge in [0.25, 0.3) is 0 Å². The van der Waals surface area contributed by atoms with Crippen LogP contribution >= 0.6 is 0 Å². The van der Waals surface area contributed by atoms with Gasteiger partial charge in [0, 0.05) is 6.42 Å². The number of ether oxygens (including phenoxy) is 3. The smallest absolute Gasteiger partial charge is 0.184 e. The number of hydrogen-bond acceptors (Lipinski definition) is 4. The molecule has 5 atom stereocenters. The van der Waals surface area contributed by atoms with Crippen LogP contribution < -0.4 is 0 Å². The van der Waals surface area contributed by atoms with Crippen molar-refractivity contribution in [1.82, 2.24) is 0 Å². The van der Waals surface area contributed by atoms with E-state index >= 15 is 0 Å². The Labute approximate surface area is 57.7 Å². The molecule has 3 heterocycles. The Balaban J connectivity index is 1.64. The molecular formula is C6H8O4. The number of aliphatic hydroxyl groups is 1. The van der Waals surface area contributed by atoms with Crippen LogP contribution in [0, 0.1) is 0 Å². The molecule has 0 spiro atoms. The van der Waals surface area contributed by atoms with Gasteiger partial charge in [0.15, 0.2) is 12.6 Å². The fourth-order valence-corrected chi connectivity index (χ4v) is 1.47. The number of fused-ring (bicyclic) bond motifs is 1. The average Bonchev–Trinajstić information content (AvgIpc) is 2.77. The van der Waals surface area contributed by atoms with Gasteiger partial charge < -0.3 is 19.3 Å². The first-order valence-corrected chi connectivity index (χ1v) is 3.49. The molecule has 4 nitrogen and oxygen atoms in total. The molecule has 0 aromatic heterocycles. The van der Waals surface area contributed by atoms with E-state index in [-0.39, 0.29) is 18.5 Å². The van der Waals surface area contributed by atoms with Crippen LogP contribution in [0.15, 0.2) is 0 Å². The molecule has 3 rings (SSSR count). The summed E-state index contributed by atoms with van der Waals surface area (Å²) in [5.41, 5.74) is 0. The van der Waals surface area contributed by atoms with Crippen LogP contribution in [0.4, 0.5) is 0 Å². The van der Waals surface area contributed by atoms with Crippen LogP contribution in [0.2, 0.25) is 0 Å². The lowest BCUT2D eigenvalue weighted by Gasteiger charge is -2.05. The van der Waals surface area contributed by atoms with E-state index in [2.05, 4.69) is 0 Å². The summed E-state index contributed by atoms with van der Waals surface area (Å²) >= 11 is 0. The molecule has 0 aromatic carbocycles. The number of hydrogen-bond donors (Lipinski definition) is 1. The summed E-state index contributed by atoms with van der Waals surface area (Å²) in [6.07, 6.45) is 0.618. The molecule has 5 unspecified atom stereocenters. The van der Waals surface area contributed by atoms with Crippen LogP contribution in [-0.4, -0.2) is 36.0 Å². The molecule has 0 bridgehead atoms. The Morgan fingerprint density at radius 1 is 1.10 bits per heavy atom. The molecule has 0 amide bonds. The van der Waals surface area contributed by atoms with E-state index in [0.29, 0.717) is 6.10 Å². The predicted molar refractivity (Wildman–Crippen MR) is 29.0 cm³/mol. The van der Waals surface area contributed by atoms with E-state index in [4.69, 9.17) is 19.3 Å². The Morgan fingerprint density at radius 3 is 2.30 bits per heavy atom. The van der Waals surface area contributed by atoms with E-state index < -0.39 is 6.29 Å². The molecular weight excluding hydrogens is 136 g/mol. The van der Waals surface area contributed by atoms with Crippen molar-refractivity contribution in [1.29, 1.82) is 0 Å². The van der Waals surface area contributed by atoms with E-state index in [1.807, 2.05) is 0 Å². The molecule has 0 saturated carbocycles. The molecule has 4 heteroatoms. The minimum Gasteiger partial charge on any atom is -0.366 e. The lowest BCUT2D eigenvalue weighted by Crippen LogP contribution is -2.18. The van der Waals surface area contributed by atoms with Crippen molar-refractivity contribution in [3.63, 3.8) is 0 Å².